The molecule has 0 heterocycles. The monoisotopic (exact) mass is 225 g/mol. The summed E-state index contributed by atoms with van der Waals surface area (Å²) in [4.78, 5) is 2.59. The third-order valence-corrected chi connectivity index (χ3v) is 4.45. The molecule has 0 saturated heterocycles. The molecule has 0 unspecified atom stereocenters. The molecule has 2 aliphatic rings. The second kappa shape index (κ2) is 6.61. The third-order valence-electron chi connectivity index (χ3n) is 4.45. The molecule has 2 nitrogen and oxygen atoms in total. The van der Waals surface area contributed by atoms with Crippen molar-refractivity contribution >= 4 is 0 Å². The Morgan fingerprint density at radius 3 is 2.12 bits per heavy atom. The molecule has 0 aromatic heterocycles. The molecular formula is C14H27NO. The Labute approximate surface area is 100 Å². The minimum absolute atomic E-state index is 0.337. The van der Waals surface area contributed by atoms with Crippen LogP contribution in [0.1, 0.15) is 57.8 Å². The van der Waals surface area contributed by atoms with E-state index in [1.807, 2.05) is 0 Å². The van der Waals surface area contributed by atoms with Gasteiger partial charge in [-0.1, -0.05) is 32.1 Å². The van der Waals surface area contributed by atoms with Gasteiger partial charge in [0.15, 0.2) is 0 Å². The van der Waals surface area contributed by atoms with Gasteiger partial charge in [0, 0.05) is 19.1 Å². The Bertz CT molecular complexity index is 183. The fraction of sp³-hybridized carbons (Fsp3) is 1.00. The van der Waals surface area contributed by atoms with Gasteiger partial charge in [0.2, 0.25) is 0 Å². The van der Waals surface area contributed by atoms with E-state index in [9.17, 15) is 5.11 Å². The molecule has 0 radical (unpaired) electrons. The van der Waals surface area contributed by atoms with Gasteiger partial charge in [-0.2, -0.15) is 0 Å². The van der Waals surface area contributed by atoms with Gasteiger partial charge in [-0.05, 0) is 31.6 Å². The number of rotatable bonds is 5. The van der Waals surface area contributed by atoms with Crippen LogP contribution in [-0.2, 0) is 0 Å². The summed E-state index contributed by atoms with van der Waals surface area (Å²) in [5, 5.41) is 9.20. The van der Waals surface area contributed by atoms with E-state index in [1.165, 1.54) is 64.3 Å². The molecule has 2 aliphatic carbocycles. The van der Waals surface area contributed by atoms with E-state index in [1.54, 1.807) is 0 Å². The number of nitrogens with zero attached hydrogens (tertiary/aromatic N) is 1. The summed E-state index contributed by atoms with van der Waals surface area (Å²) in [7, 11) is 0. The van der Waals surface area contributed by atoms with E-state index in [4.69, 9.17) is 0 Å². The van der Waals surface area contributed by atoms with E-state index in [-0.39, 0.29) is 0 Å². The van der Waals surface area contributed by atoms with Crippen molar-refractivity contribution < 1.29 is 5.11 Å². The van der Waals surface area contributed by atoms with Crippen LogP contribution in [0.3, 0.4) is 0 Å². The quantitative estimate of drug-likeness (QED) is 0.777. The Morgan fingerprint density at radius 1 is 0.875 bits per heavy atom. The first-order valence-corrected chi connectivity index (χ1v) is 7.25. The molecule has 2 saturated carbocycles. The zero-order chi connectivity index (χ0) is 11.2. The standard InChI is InChI=1S/C14H27NO/c16-11-10-15(12-13-6-4-5-7-13)14-8-2-1-3-9-14/h13-14,16H,1-12H2. The number of hydrogen-bond acceptors (Lipinski definition) is 2. The molecule has 0 aromatic carbocycles. The van der Waals surface area contributed by atoms with Gasteiger partial charge >= 0.3 is 0 Å². The lowest BCUT2D eigenvalue weighted by molar-refractivity contribution is 0.107. The highest BCUT2D eigenvalue weighted by molar-refractivity contribution is 4.79. The molecule has 16 heavy (non-hydrogen) atoms. The summed E-state index contributed by atoms with van der Waals surface area (Å²) in [6.45, 7) is 2.50. The van der Waals surface area contributed by atoms with Crippen molar-refractivity contribution in [3.05, 3.63) is 0 Å². The second-order valence-electron chi connectivity index (χ2n) is 5.66. The van der Waals surface area contributed by atoms with Crippen molar-refractivity contribution in [2.24, 2.45) is 5.92 Å². The maximum atomic E-state index is 9.20. The first-order valence-electron chi connectivity index (χ1n) is 7.25. The summed E-state index contributed by atoms with van der Waals surface area (Å²) in [6, 6.07) is 0.779. The molecule has 1 N–H and O–H groups in total. The second-order valence-corrected chi connectivity index (χ2v) is 5.66. The molecule has 0 amide bonds. The van der Waals surface area contributed by atoms with Gasteiger partial charge in [-0.25, -0.2) is 0 Å². The lowest BCUT2D eigenvalue weighted by Crippen LogP contribution is -2.41. The minimum atomic E-state index is 0.337. The number of aliphatic hydroxyl groups excluding tert-OH is 1. The van der Waals surface area contributed by atoms with E-state index in [0.29, 0.717) is 6.61 Å². The average molecular weight is 225 g/mol. The van der Waals surface area contributed by atoms with Crippen LogP contribution in [0.4, 0.5) is 0 Å². The number of hydrogen-bond donors (Lipinski definition) is 1. The summed E-state index contributed by atoms with van der Waals surface area (Å²) in [6.07, 6.45) is 12.7. The Morgan fingerprint density at radius 2 is 1.50 bits per heavy atom. The molecule has 0 spiro atoms. The first-order chi connectivity index (χ1) is 7.90. The highest BCUT2D eigenvalue weighted by Crippen LogP contribution is 2.28. The third kappa shape index (κ3) is 3.46. The molecule has 0 atom stereocenters. The van der Waals surface area contributed by atoms with Crippen molar-refractivity contribution in [3.8, 4) is 0 Å². The van der Waals surface area contributed by atoms with E-state index in [2.05, 4.69) is 4.90 Å². The van der Waals surface area contributed by atoms with Gasteiger partial charge in [0.25, 0.3) is 0 Å². The van der Waals surface area contributed by atoms with Crippen LogP contribution in [0.5, 0.6) is 0 Å². The van der Waals surface area contributed by atoms with Crippen LogP contribution in [0, 0.1) is 5.92 Å². The molecule has 2 rings (SSSR count). The summed E-state index contributed by atoms with van der Waals surface area (Å²) in [5.41, 5.74) is 0. The highest BCUT2D eigenvalue weighted by atomic mass is 16.3. The molecular weight excluding hydrogens is 198 g/mol. The van der Waals surface area contributed by atoms with Crippen molar-refractivity contribution in [2.45, 2.75) is 63.8 Å². The molecule has 2 heteroatoms. The highest BCUT2D eigenvalue weighted by Gasteiger charge is 2.24. The average Bonchev–Trinajstić information content (AvgIpc) is 2.83. The number of aliphatic hydroxyl groups is 1. The Balaban J connectivity index is 1.82. The normalized spacial score (nSPS) is 24.4. The van der Waals surface area contributed by atoms with Crippen molar-refractivity contribution in [3.63, 3.8) is 0 Å². The summed E-state index contributed by atoms with van der Waals surface area (Å²) >= 11 is 0. The van der Waals surface area contributed by atoms with Crippen LogP contribution in [0.25, 0.3) is 0 Å². The maximum absolute atomic E-state index is 9.20. The maximum Gasteiger partial charge on any atom is 0.0558 e. The SMILES string of the molecule is OCCN(CC1CCCC1)C1CCCCC1. The molecule has 0 aliphatic heterocycles. The van der Waals surface area contributed by atoms with Gasteiger partial charge in [0.1, 0.15) is 0 Å². The van der Waals surface area contributed by atoms with Crippen LogP contribution < -0.4 is 0 Å². The van der Waals surface area contributed by atoms with Crippen LogP contribution in [0.15, 0.2) is 0 Å². The lowest BCUT2D eigenvalue weighted by Gasteiger charge is -2.35. The lowest BCUT2D eigenvalue weighted by atomic mass is 9.93. The molecule has 2 fully saturated rings. The summed E-state index contributed by atoms with van der Waals surface area (Å²) in [5.74, 6) is 0.925. The van der Waals surface area contributed by atoms with Crippen molar-refractivity contribution in [1.29, 1.82) is 0 Å². The first kappa shape index (κ1) is 12.4. The minimum Gasteiger partial charge on any atom is -0.395 e. The topological polar surface area (TPSA) is 23.5 Å². The van der Waals surface area contributed by atoms with E-state index in [0.717, 1.165) is 18.5 Å². The molecule has 0 bridgehead atoms. The summed E-state index contributed by atoms with van der Waals surface area (Å²) < 4.78 is 0. The van der Waals surface area contributed by atoms with Gasteiger partial charge in [-0.3, -0.25) is 4.90 Å². The van der Waals surface area contributed by atoms with Gasteiger partial charge in [-0.15, -0.1) is 0 Å². The van der Waals surface area contributed by atoms with E-state index < -0.39 is 0 Å². The van der Waals surface area contributed by atoms with Crippen LogP contribution in [0.2, 0.25) is 0 Å². The van der Waals surface area contributed by atoms with Crippen LogP contribution >= 0.6 is 0 Å². The molecule has 0 aromatic rings. The van der Waals surface area contributed by atoms with Crippen molar-refractivity contribution in [1.82, 2.24) is 4.90 Å². The predicted octanol–water partition coefficient (Wildman–Crippen LogP) is 2.80. The van der Waals surface area contributed by atoms with E-state index >= 15 is 0 Å². The Hall–Kier alpha value is -0.0800. The fourth-order valence-electron chi connectivity index (χ4n) is 3.52. The van der Waals surface area contributed by atoms with Gasteiger partial charge < -0.3 is 5.11 Å². The van der Waals surface area contributed by atoms with Crippen molar-refractivity contribution in [2.75, 3.05) is 19.7 Å². The fourth-order valence-corrected chi connectivity index (χ4v) is 3.52. The largest absolute Gasteiger partial charge is 0.395 e. The zero-order valence-corrected chi connectivity index (χ0v) is 10.5. The Kier molecular flexibility index (Phi) is 5.11. The predicted molar refractivity (Wildman–Crippen MR) is 67.5 cm³/mol. The van der Waals surface area contributed by atoms with Crippen LogP contribution in [-0.4, -0.2) is 35.7 Å². The molecule has 94 valence electrons. The van der Waals surface area contributed by atoms with Gasteiger partial charge in [0.05, 0.1) is 6.61 Å². The zero-order valence-electron chi connectivity index (χ0n) is 10.5. The smallest absolute Gasteiger partial charge is 0.0558 e.